The van der Waals surface area contributed by atoms with Crippen molar-refractivity contribution in [2.75, 3.05) is 29.8 Å². The monoisotopic (exact) mass is 224 g/mol. The number of anilines is 2. The molecular formula is C10H14N3O3-. The summed E-state index contributed by atoms with van der Waals surface area (Å²) in [5, 5.41) is 19.0. The first kappa shape index (κ1) is 11.1. The van der Waals surface area contributed by atoms with Gasteiger partial charge in [0.05, 0.1) is 18.0 Å². The lowest BCUT2D eigenvalue weighted by atomic mass is 10.1. The minimum atomic E-state index is -0.199. The lowest BCUT2D eigenvalue weighted by molar-refractivity contribution is 0.0427. The molecule has 1 fully saturated rings. The molecule has 1 aliphatic heterocycles. The molecule has 1 aromatic rings. The van der Waals surface area contributed by atoms with Crippen molar-refractivity contribution in [3.05, 3.63) is 23.5 Å². The second kappa shape index (κ2) is 4.65. The van der Waals surface area contributed by atoms with Crippen LogP contribution in [0.25, 0.3) is 0 Å². The fraction of sp³-hybridized carbons (Fsp3) is 0.500. The van der Waals surface area contributed by atoms with Gasteiger partial charge in [0.25, 0.3) is 0 Å². The van der Waals surface area contributed by atoms with Crippen LogP contribution in [0.1, 0.15) is 6.92 Å². The fourth-order valence-electron chi connectivity index (χ4n) is 1.64. The van der Waals surface area contributed by atoms with Crippen LogP contribution in [0.2, 0.25) is 0 Å². The lowest BCUT2D eigenvalue weighted by Crippen LogP contribution is -2.52. The maximum Gasteiger partial charge on any atom is 0.128 e. The maximum atomic E-state index is 10.5. The van der Waals surface area contributed by atoms with Gasteiger partial charge in [0.1, 0.15) is 5.82 Å². The summed E-state index contributed by atoms with van der Waals surface area (Å²) >= 11 is 0. The van der Waals surface area contributed by atoms with Crippen LogP contribution in [0.4, 0.5) is 11.5 Å². The third-order valence-corrected chi connectivity index (χ3v) is 2.53. The van der Waals surface area contributed by atoms with E-state index < -0.39 is 0 Å². The molecule has 2 heterocycles. The number of hydrogen-bond donors (Lipinski definition) is 1. The van der Waals surface area contributed by atoms with E-state index >= 15 is 0 Å². The summed E-state index contributed by atoms with van der Waals surface area (Å²) in [6, 6.07) is 3.24. The first-order valence-corrected chi connectivity index (χ1v) is 5.19. The Morgan fingerprint density at radius 3 is 2.88 bits per heavy atom. The van der Waals surface area contributed by atoms with E-state index in [-0.39, 0.29) is 17.0 Å². The summed E-state index contributed by atoms with van der Waals surface area (Å²) in [5.41, 5.74) is 0.130. The number of nitrogens with zero attached hydrogens (tertiary/aromatic N) is 3. The Balaban J connectivity index is 1.92. The van der Waals surface area contributed by atoms with E-state index in [0.717, 1.165) is 25.5 Å². The van der Waals surface area contributed by atoms with Gasteiger partial charge in [-0.05, 0) is 19.1 Å². The molecule has 0 aromatic carbocycles. The molecule has 1 aliphatic rings. The van der Waals surface area contributed by atoms with Crippen molar-refractivity contribution >= 4 is 11.5 Å². The van der Waals surface area contributed by atoms with Crippen molar-refractivity contribution in [1.82, 2.24) is 4.98 Å². The molecule has 1 aromatic heterocycles. The van der Waals surface area contributed by atoms with Crippen LogP contribution in [0.15, 0.2) is 18.3 Å². The van der Waals surface area contributed by atoms with Gasteiger partial charge in [0.15, 0.2) is 0 Å². The molecule has 0 saturated carbocycles. The minimum absolute atomic E-state index is 0.130. The Morgan fingerprint density at radius 1 is 1.62 bits per heavy atom. The molecule has 0 spiro atoms. The summed E-state index contributed by atoms with van der Waals surface area (Å²) in [4.78, 5) is 6.14. The molecule has 0 radical (unpaired) electrons. The summed E-state index contributed by atoms with van der Waals surface area (Å²) < 4.78 is 5.42. The van der Waals surface area contributed by atoms with Gasteiger partial charge in [-0.25, -0.2) is 4.98 Å². The van der Waals surface area contributed by atoms with Crippen molar-refractivity contribution in [2.24, 2.45) is 0 Å². The highest BCUT2D eigenvalue weighted by molar-refractivity contribution is 5.50. The number of ether oxygens (including phenoxy) is 1. The van der Waals surface area contributed by atoms with Gasteiger partial charge < -0.3 is 20.1 Å². The van der Waals surface area contributed by atoms with E-state index in [4.69, 9.17) is 9.94 Å². The molecule has 0 aliphatic carbocycles. The largest absolute Gasteiger partial charge is 0.733 e. The molecule has 2 rings (SSSR count). The van der Waals surface area contributed by atoms with Crippen molar-refractivity contribution < 1.29 is 9.94 Å². The number of rotatable bonds is 4. The van der Waals surface area contributed by atoms with E-state index in [1.807, 2.05) is 6.92 Å². The van der Waals surface area contributed by atoms with Crippen molar-refractivity contribution in [3.8, 4) is 0 Å². The van der Waals surface area contributed by atoms with Crippen molar-refractivity contribution in [1.29, 1.82) is 0 Å². The molecule has 0 amide bonds. The molecule has 16 heavy (non-hydrogen) atoms. The molecule has 6 heteroatoms. The molecule has 1 N–H and O–H groups in total. The smallest absolute Gasteiger partial charge is 0.128 e. The summed E-state index contributed by atoms with van der Waals surface area (Å²) in [7, 11) is 0. The Bertz CT molecular complexity index is 336. The molecular weight excluding hydrogens is 210 g/mol. The predicted molar refractivity (Wildman–Crippen MR) is 59.5 cm³/mol. The quantitative estimate of drug-likeness (QED) is 0.769. The zero-order valence-corrected chi connectivity index (χ0v) is 9.04. The average molecular weight is 224 g/mol. The van der Waals surface area contributed by atoms with E-state index in [0.29, 0.717) is 0 Å². The van der Waals surface area contributed by atoms with Crippen LogP contribution in [-0.2, 0) is 4.74 Å². The average Bonchev–Trinajstić information content (AvgIpc) is 2.23. The second-order valence-corrected chi connectivity index (χ2v) is 3.63. The Labute approximate surface area is 93.6 Å². The molecule has 0 atom stereocenters. The third-order valence-electron chi connectivity index (χ3n) is 2.53. The standard InChI is InChI=1S/C10H14N3O3/c1-2-16-9-6-12(7-9)10-4-3-8(5-11-10)13(14)15/h3-5,9,14H,2,6-7H2,1H3/q-1. The molecule has 1 saturated heterocycles. The molecule has 6 nitrogen and oxygen atoms in total. The van der Waals surface area contributed by atoms with E-state index in [2.05, 4.69) is 9.88 Å². The number of aromatic nitrogens is 1. The van der Waals surface area contributed by atoms with E-state index in [9.17, 15) is 5.21 Å². The lowest BCUT2D eigenvalue weighted by Gasteiger charge is -2.39. The fourth-order valence-corrected chi connectivity index (χ4v) is 1.64. The van der Waals surface area contributed by atoms with Gasteiger partial charge in [-0.15, -0.1) is 0 Å². The Kier molecular flexibility index (Phi) is 3.23. The summed E-state index contributed by atoms with van der Waals surface area (Å²) in [5.74, 6) is 0.793. The highest BCUT2D eigenvalue weighted by Gasteiger charge is 2.27. The first-order valence-electron chi connectivity index (χ1n) is 5.19. The predicted octanol–water partition coefficient (Wildman–Crippen LogP) is 1.00. The van der Waals surface area contributed by atoms with Crippen LogP contribution < -0.4 is 10.1 Å². The Morgan fingerprint density at radius 2 is 2.38 bits per heavy atom. The van der Waals surface area contributed by atoms with Crippen molar-refractivity contribution in [3.63, 3.8) is 0 Å². The van der Waals surface area contributed by atoms with Gasteiger partial charge in [-0.1, -0.05) is 0 Å². The van der Waals surface area contributed by atoms with E-state index in [1.165, 1.54) is 12.3 Å². The summed E-state index contributed by atoms with van der Waals surface area (Å²) in [6.07, 6.45) is 1.62. The molecule has 0 bridgehead atoms. The highest BCUT2D eigenvalue weighted by Crippen LogP contribution is 2.22. The molecule has 0 unspecified atom stereocenters. The normalized spacial score (nSPS) is 16.1. The van der Waals surface area contributed by atoms with Gasteiger partial charge in [-0.3, -0.25) is 5.21 Å². The summed E-state index contributed by atoms with van der Waals surface area (Å²) in [6.45, 7) is 4.33. The minimum Gasteiger partial charge on any atom is -0.733 e. The number of hydrogen-bond acceptors (Lipinski definition) is 6. The van der Waals surface area contributed by atoms with Gasteiger partial charge >= 0.3 is 0 Å². The number of pyridine rings is 1. The first-order chi connectivity index (χ1) is 7.70. The molecule has 88 valence electrons. The maximum absolute atomic E-state index is 10.5. The van der Waals surface area contributed by atoms with Crippen LogP contribution in [0, 0.1) is 5.21 Å². The van der Waals surface area contributed by atoms with Crippen LogP contribution in [0.3, 0.4) is 0 Å². The van der Waals surface area contributed by atoms with Gasteiger partial charge in [-0.2, -0.15) is 0 Å². The highest BCUT2D eigenvalue weighted by atomic mass is 16.8. The van der Waals surface area contributed by atoms with E-state index in [1.54, 1.807) is 6.07 Å². The Hall–Kier alpha value is -1.37. The van der Waals surface area contributed by atoms with Gasteiger partial charge in [0.2, 0.25) is 0 Å². The van der Waals surface area contributed by atoms with Crippen LogP contribution in [-0.4, -0.2) is 36.0 Å². The zero-order valence-electron chi connectivity index (χ0n) is 9.04. The van der Waals surface area contributed by atoms with Gasteiger partial charge in [0, 0.05) is 19.7 Å². The zero-order chi connectivity index (χ0) is 11.5. The third kappa shape index (κ3) is 2.24. The SMILES string of the molecule is CCOC1CN(c2ccc(N([O-])O)cn2)C1. The van der Waals surface area contributed by atoms with Crippen LogP contribution >= 0.6 is 0 Å². The topological polar surface area (TPSA) is 71.9 Å². The van der Waals surface area contributed by atoms with Crippen molar-refractivity contribution in [2.45, 2.75) is 13.0 Å². The second-order valence-electron chi connectivity index (χ2n) is 3.63. The van der Waals surface area contributed by atoms with Crippen LogP contribution in [0.5, 0.6) is 0 Å².